The Morgan fingerprint density at radius 1 is 1.53 bits per heavy atom. The third-order valence-corrected chi connectivity index (χ3v) is 2.89. The molecular weight excluding hydrogens is 193 g/mol. The quantitative estimate of drug-likeness (QED) is 0.827. The van der Waals surface area contributed by atoms with Crippen molar-refractivity contribution in [2.24, 2.45) is 5.92 Å². The van der Waals surface area contributed by atoms with Gasteiger partial charge in [0.05, 0.1) is 5.69 Å². The standard InChI is InChI=1S/C11H16FN3/c1-3-9-10(12)11(14-6-13-9)15-7(2)8-4-5-8/h6-8H,3-5H2,1-2H3,(H,13,14,15). The molecule has 0 amide bonds. The summed E-state index contributed by atoms with van der Waals surface area (Å²) >= 11 is 0. The Morgan fingerprint density at radius 2 is 2.27 bits per heavy atom. The van der Waals surface area contributed by atoms with Crippen LogP contribution in [0, 0.1) is 11.7 Å². The third-order valence-electron chi connectivity index (χ3n) is 2.89. The van der Waals surface area contributed by atoms with E-state index in [2.05, 4.69) is 22.2 Å². The molecule has 0 aromatic carbocycles. The van der Waals surface area contributed by atoms with E-state index in [1.165, 1.54) is 19.2 Å². The lowest BCUT2D eigenvalue weighted by molar-refractivity contribution is 0.588. The topological polar surface area (TPSA) is 37.8 Å². The fourth-order valence-corrected chi connectivity index (χ4v) is 1.68. The summed E-state index contributed by atoms with van der Waals surface area (Å²) in [5, 5.41) is 3.12. The average Bonchev–Trinajstić information content (AvgIpc) is 3.04. The molecule has 1 N–H and O–H groups in total. The number of anilines is 1. The van der Waals surface area contributed by atoms with Gasteiger partial charge in [0, 0.05) is 6.04 Å². The summed E-state index contributed by atoms with van der Waals surface area (Å²) < 4.78 is 13.7. The van der Waals surface area contributed by atoms with Gasteiger partial charge in [-0.05, 0) is 32.1 Å². The Morgan fingerprint density at radius 3 is 2.87 bits per heavy atom. The number of hydrogen-bond donors (Lipinski definition) is 1. The van der Waals surface area contributed by atoms with Gasteiger partial charge >= 0.3 is 0 Å². The molecular formula is C11H16FN3. The van der Waals surface area contributed by atoms with Crippen molar-refractivity contribution in [3.05, 3.63) is 17.8 Å². The largest absolute Gasteiger partial charge is 0.365 e. The van der Waals surface area contributed by atoms with E-state index in [1.807, 2.05) is 6.92 Å². The number of nitrogens with zero attached hydrogens (tertiary/aromatic N) is 2. The molecule has 2 rings (SSSR count). The second-order valence-electron chi connectivity index (χ2n) is 4.11. The maximum absolute atomic E-state index is 13.7. The fourth-order valence-electron chi connectivity index (χ4n) is 1.68. The molecule has 15 heavy (non-hydrogen) atoms. The molecule has 0 aliphatic heterocycles. The van der Waals surface area contributed by atoms with Gasteiger partial charge in [0.2, 0.25) is 0 Å². The molecule has 1 unspecified atom stereocenters. The zero-order chi connectivity index (χ0) is 10.8. The molecule has 1 heterocycles. The molecule has 0 spiro atoms. The van der Waals surface area contributed by atoms with Crippen molar-refractivity contribution in [1.29, 1.82) is 0 Å². The normalized spacial score (nSPS) is 17.5. The number of aryl methyl sites for hydroxylation is 1. The number of rotatable bonds is 4. The zero-order valence-corrected chi connectivity index (χ0v) is 9.13. The van der Waals surface area contributed by atoms with Crippen LogP contribution in [0.15, 0.2) is 6.33 Å². The first-order valence-electron chi connectivity index (χ1n) is 5.48. The van der Waals surface area contributed by atoms with E-state index in [9.17, 15) is 4.39 Å². The van der Waals surface area contributed by atoms with Gasteiger partial charge < -0.3 is 5.32 Å². The maximum Gasteiger partial charge on any atom is 0.186 e. The van der Waals surface area contributed by atoms with E-state index in [0.717, 1.165) is 0 Å². The number of aromatic nitrogens is 2. The van der Waals surface area contributed by atoms with Crippen LogP contribution >= 0.6 is 0 Å². The molecule has 1 aliphatic rings. The molecule has 0 radical (unpaired) electrons. The Balaban J connectivity index is 2.12. The van der Waals surface area contributed by atoms with Crippen LogP contribution in [-0.2, 0) is 6.42 Å². The summed E-state index contributed by atoms with van der Waals surface area (Å²) in [6, 6.07) is 0.305. The highest BCUT2D eigenvalue weighted by Crippen LogP contribution is 2.34. The lowest BCUT2D eigenvalue weighted by Gasteiger charge is -2.14. The highest BCUT2D eigenvalue weighted by molar-refractivity contribution is 5.38. The molecule has 0 saturated heterocycles. The average molecular weight is 209 g/mol. The minimum absolute atomic E-state index is 0.299. The first-order valence-corrected chi connectivity index (χ1v) is 5.48. The van der Waals surface area contributed by atoms with Crippen LogP contribution in [0.2, 0.25) is 0 Å². The summed E-state index contributed by atoms with van der Waals surface area (Å²) in [7, 11) is 0. The Bertz CT molecular complexity index is 350. The molecule has 1 aromatic rings. The molecule has 1 fully saturated rings. The van der Waals surface area contributed by atoms with Crippen molar-refractivity contribution >= 4 is 5.82 Å². The molecule has 4 heteroatoms. The Labute approximate surface area is 89.1 Å². The van der Waals surface area contributed by atoms with Crippen molar-refractivity contribution in [2.45, 2.75) is 39.2 Å². The van der Waals surface area contributed by atoms with E-state index >= 15 is 0 Å². The zero-order valence-electron chi connectivity index (χ0n) is 9.13. The van der Waals surface area contributed by atoms with Crippen molar-refractivity contribution < 1.29 is 4.39 Å². The summed E-state index contributed by atoms with van der Waals surface area (Å²) in [5.41, 5.74) is 0.482. The van der Waals surface area contributed by atoms with Gasteiger partial charge in [-0.3, -0.25) is 0 Å². The maximum atomic E-state index is 13.7. The summed E-state index contributed by atoms with van der Waals surface area (Å²) in [5.74, 6) is 0.734. The van der Waals surface area contributed by atoms with Gasteiger partial charge in [-0.2, -0.15) is 0 Å². The second-order valence-corrected chi connectivity index (χ2v) is 4.11. The Kier molecular flexibility index (Phi) is 2.84. The van der Waals surface area contributed by atoms with E-state index in [4.69, 9.17) is 0 Å². The predicted molar refractivity (Wildman–Crippen MR) is 57.2 cm³/mol. The second kappa shape index (κ2) is 4.13. The van der Waals surface area contributed by atoms with Crippen LogP contribution < -0.4 is 5.32 Å². The van der Waals surface area contributed by atoms with Crippen molar-refractivity contribution in [1.82, 2.24) is 9.97 Å². The third kappa shape index (κ3) is 2.25. The summed E-state index contributed by atoms with van der Waals surface area (Å²) in [6.45, 7) is 3.96. The van der Waals surface area contributed by atoms with Gasteiger partial charge in [-0.15, -0.1) is 0 Å². The predicted octanol–water partition coefficient (Wildman–Crippen LogP) is 2.39. The van der Waals surface area contributed by atoms with Gasteiger partial charge in [0.15, 0.2) is 11.6 Å². The molecule has 3 nitrogen and oxygen atoms in total. The van der Waals surface area contributed by atoms with E-state index in [0.29, 0.717) is 29.9 Å². The van der Waals surface area contributed by atoms with E-state index in [-0.39, 0.29) is 5.82 Å². The first-order chi connectivity index (χ1) is 7.22. The smallest absolute Gasteiger partial charge is 0.186 e. The van der Waals surface area contributed by atoms with Crippen molar-refractivity contribution in [3.8, 4) is 0 Å². The SMILES string of the molecule is CCc1ncnc(NC(C)C2CC2)c1F. The lowest BCUT2D eigenvalue weighted by Crippen LogP contribution is -2.19. The van der Waals surface area contributed by atoms with Crippen molar-refractivity contribution in [3.63, 3.8) is 0 Å². The Hall–Kier alpha value is -1.19. The molecule has 0 bridgehead atoms. The van der Waals surface area contributed by atoms with Crippen LogP contribution in [0.3, 0.4) is 0 Å². The van der Waals surface area contributed by atoms with Crippen molar-refractivity contribution in [2.75, 3.05) is 5.32 Å². The van der Waals surface area contributed by atoms with Gasteiger partial charge in [0.25, 0.3) is 0 Å². The van der Waals surface area contributed by atoms with Crippen LogP contribution in [0.1, 0.15) is 32.4 Å². The van der Waals surface area contributed by atoms with Gasteiger partial charge in [0.1, 0.15) is 6.33 Å². The molecule has 1 aromatic heterocycles. The van der Waals surface area contributed by atoms with E-state index in [1.54, 1.807) is 0 Å². The summed E-state index contributed by atoms with van der Waals surface area (Å²) in [6.07, 6.45) is 4.49. The first kappa shape index (κ1) is 10.3. The van der Waals surface area contributed by atoms with Gasteiger partial charge in [-0.1, -0.05) is 6.92 Å². The van der Waals surface area contributed by atoms with Gasteiger partial charge in [-0.25, -0.2) is 14.4 Å². The molecule has 82 valence electrons. The van der Waals surface area contributed by atoms with Crippen LogP contribution in [0.4, 0.5) is 10.2 Å². The monoisotopic (exact) mass is 209 g/mol. The van der Waals surface area contributed by atoms with E-state index < -0.39 is 0 Å². The molecule has 1 aliphatic carbocycles. The number of hydrogen-bond acceptors (Lipinski definition) is 3. The lowest BCUT2D eigenvalue weighted by atomic mass is 10.2. The number of halogens is 1. The van der Waals surface area contributed by atoms with Crippen LogP contribution in [0.25, 0.3) is 0 Å². The van der Waals surface area contributed by atoms with Crippen LogP contribution in [0.5, 0.6) is 0 Å². The number of nitrogens with one attached hydrogen (secondary N) is 1. The fraction of sp³-hybridized carbons (Fsp3) is 0.636. The molecule has 1 atom stereocenters. The highest BCUT2D eigenvalue weighted by Gasteiger charge is 2.28. The minimum atomic E-state index is -0.299. The molecule has 1 saturated carbocycles. The highest BCUT2D eigenvalue weighted by atomic mass is 19.1. The van der Waals surface area contributed by atoms with Crippen LogP contribution in [-0.4, -0.2) is 16.0 Å². The summed E-state index contributed by atoms with van der Waals surface area (Å²) in [4.78, 5) is 7.84. The minimum Gasteiger partial charge on any atom is -0.365 e.